The van der Waals surface area contributed by atoms with Crippen LogP contribution in [0.4, 0.5) is 0 Å². The molecule has 0 bridgehead atoms. The maximum Gasteiger partial charge on any atom is 0.244 e. The first-order valence-electron chi connectivity index (χ1n) is 12.1. The highest BCUT2D eigenvalue weighted by molar-refractivity contribution is 6.32. The van der Waals surface area contributed by atoms with Crippen LogP contribution >= 0.6 is 23.2 Å². The first kappa shape index (κ1) is 26.3. The molecule has 2 aromatic heterocycles. The molecule has 2 heterocycles. The predicted molar refractivity (Wildman–Crippen MR) is 149 cm³/mol. The van der Waals surface area contributed by atoms with Crippen molar-refractivity contribution < 1.29 is 9.59 Å². The number of allylic oxidation sites excluding steroid dienone is 3. The molecule has 9 nitrogen and oxygen atoms in total. The van der Waals surface area contributed by atoms with Crippen LogP contribution in [0.15, 0.2) is 78.7 Å². The molecule has 11 heteroatoms. The summed E-state index contributed by atoms with van der Waals surface area (Å²) in [4.78, 5) is 32.6. The van der Waals surface area contributed by atoms with Crippen molar-refractivity contribution >= 4 is 41.0 Å². The quantitative estimate of drug-likeness (QED) is 0.279. The second kappa shape index (κ2) is 11.6. The molecule has 0 saturated heterocycles. The van der Waals surface area contributed by atoms with Gasteiger partial charge in [-0.1, -0.05) is 65.2 Å². The van der Waals surface area contributed by atoms with Gasteiger partial charge in [0.2, 0.25) is 5.91 Å². The lowest BCUT2D eigenvalue weighted by atomic mass is 9.99. The number of carbonyl (C=O) groups is 2. The summed E-state index contributed by atoms with van der Waals surface area (Å²) < 4.78 is 1.48. The number of aromatic amines is 1. The zero-order valence-corrected chi connectivity index (χ0v) is 22.3. The first-order valence-corrected chi connectivity index (χ1v) is 12.8. The monoisotopic (exact) mass is 559 g/mol. The number of imidazole rings is 1. The van der Waals surface area contributed by atoms with Crippen LogP contribution in [0.5, 0.6) is 0 Å². The number of benzene rings is 2. The minimum Gasteiger partial charge on any atom is -0.342 e. The third-order valence-electron chi connectivity index (χ3n) is 6.14. The summed E-state index contributed by atoms with van der Waals surface area (Å²) in [5.74, 6) is 0.175. The number of carbonyl (C=O) groups excluding carboxylic acids is 2. The maximum atomic E-state index is 13.1. The summed E-state index contributed by atoms with van der Waals surface area (Å²) >= 11 is 12.7. The second-order valence-electron chi connectivity index (χ2n) is 8.99. The van der Waals surface area contributed by atoms with Gasteiger partial charge in [-0.25, -0.2) is 4.98 Å². The van der Waals surface area contributed by atoms with E-state index in [9.17, 15) is 9.59 Å². The van der Waals surface area contributed by atoms with Crippen LogP contribution in [-0.2, 0) is 9.59 Å². The van der Waals surface area contributed by atoms with Crippen LogP contribution in [0.1, 0.15) is 35.8 Å². The molecule has 1 atom stereocenters. The van der Waals surface area contributed by atoms with E-state index in [-0.39, 0.29) is 11.7 Å². The fourth-order valence-corrected chi connectivity index (χ4v) is 4.56. The Morgan fingerprint density at radius 3 is 2.72 bits per heavy atom. The van der Waals surface area contributed by atoms with E-state index in [1.165, 1.54) is 17.1 Å². The highest BCUT2D eigenvalue weighted by atomic mass is 35.5. The van der Waals surface area contributed by atoms with Crippen LogP contribution in [-0.4, -0.2) is 41.9 Å². The normalized spacial score (nSPS) is 14.0. The molecule has 0 radical (unpaired) electrons. The van der Waals surface area contributed by atoms with Crippen molar-refractivity contribution in [2.45, 2.75) is 25.8 Å². The lowest BCUT2D eigenvalue weighted by Crippen LogP contribution is -2.28. The number of aromatic nitrogens is 6. The van der Waals surface area contributed by atoms with Crippen LogP contribution in [0.25, 0.3) is 23.0 Å². The lowest BCUT2D eigenvalue weighted by molar-refractivity contribution is -0.117. The van der Waals surface area contributed by atoms with E-state index in [1.54, 1.807) is 36.4 Å². The van der Waals surface area contributed by atoms with Gasteiger partial charge < -0.3 is 10.3 Å². The van der Waals surface area contributed by atoms with Gasteiger partial charge in [0.05, 0.1) is 11.7 Å². The van der Waals surface area contributed by atoms with E-state index in [4.69, 9.17) is 28.2 Å². The molecule has 39 heavy (non-hydrogen) atoms. The summed E-state index contributed by atoms with van der Waals surface area (Å²) in [6.45, 7) is 2.01. The number of H-pyrrole nitrogens is 1. The summed E-state index contributed by atoms with van der Waals surface area (Å²) in [5.41, 5.74) is 4.79. The molecule has 0 saturated carbocycles. The molecule has 0 fully saturated rings. The highest BCUT2D eigenvalue weighted by Gasteiger charge is 2.22. The van der Waals surface area contributed by atoms with Gasteiger partial charge in [-0.3, -0.25) is 9.59 Å². The van der Waals surface area contributed by atoms with Crippen molar-refractivity contribution in [3.05, 3.63) is 106 Å². The average Bonchev–Trinajstić information content (AvgIpc) is 3.59. The summed E-state index contributed by atoms with van der Waals surface area (Å²) in [6.07, 6.45) is 10.4. The molecule has 196 valence electrons. The van der Waals surface area contributed by atoms with Gasteiger partial charge in [-0.05, 0) is 59.7 Å². The van der Waals surface area contributed by atoms with Gasteiger partial charge in [-0.15, -0.1) is 5.10 Å². The third kappa shape index (κ3) is 6.39. The molecular weight excluding hydrogens is 537 g/mol. The van der Waals surface area contributed by atoms with Crippen LogP contribution in [0, 0.1) is 6.92 Å². The first-order chi connectivity index (χ1) is 18.9. The smallest absolute Gasteiger partial charge is 0.244 e. The van der Waals surface area contributed by atoms with E-state index < -0.39 is 6.04 Å². The topological polar surface area (TPSA) is 118 Å². The Labute approximate surface area is 234 Å². The number of tetrazole rings is 1. The van der Waals surface area contributed by atoms with E-state index in [0.717, 1.165) is 16.7 Å². The number of ketones is 1. The third-order valence-corrected chi connectivity index (χ3v) is 6.65. The number of hydrogen-bond acceptors (Lipinski definition) is 6. The van der Waals surface area contributed by atoms with Crippen molar-refractivity contribution in [1.82, 2.24) is 35.5 Å². The van der Waals surface area contributed by atoms with Crippen molar-refractivity contribution in [2.24, 2.45) is 0 Å². The van der Waals surface area contributed by atoms with Gasteiger partial charge in [0.1, 0.15) is 23.0 Å². The summed E-state index contributed by atoms with van der Waals surface area (Å²) in [5, 5.41) is 15.1. The Kier molecular flexibility index (Phi) is 7.81. The van der Waals surface area contributed by atoms with E-state index in [0.29, 0.717) is 45.8 Å². The zero-order valence-electron chi connectivity index (χ0n) is 20.8. The molecule has 2 N–H and O–H groups in total. The second-order valence-corrected chi connectivity index (χ2v) is 9.80. The van der Waals surface area contributed by atoms with Gasteiger partial charge in [-0.2, -0.15) is 4.68 Å². The molecule has 5 rings (SSSR count). The Morgan fingerprint density at radius 1 is 1.18 bits per heavy atom. The van der Waals surface area contributed by atoms with Crippen LogP contribution in [0.3, 0.4) is 0 Å². The van der Waals surface area contributed by atoms with Gasteiger partial charge in [0.15, 0.2) is 5.78 Å². The number of nitrogens with one attached hydrogen (secondary N) is 2. The van der Waals surface area contributed by atoms with E-state index in [1.807, 2.05) is 37.3 Å². The fourth-order valence-electron chi connectivity index (χ4n) is 4.13. The highest BCUT2D eigenvalue weighted by Crippen LogP contribution is 2.30. The predicted octanol–water partition coefficient (Wildman–Crippen LogP) is 5.38. The Hall–Kier alpha value is -4.34. The molecule has 1 amide bonds. The van der Waals surface area contributed by atoms with Crippen LogP contribution < -0.4 is 5.32 Å². The number of amides is 1. The summed E-state index contributed by atoms with van der Waals surface area (Å²) in [7, 11) is 0. The molecular formula is C28H23Cl2N7O2. The minimum atomic E-state index is -0.540. The van der Waals surface area contributed by atoms with Crippen molar-refractivity contribution in [3.8, 4) is 16.9 Å². The van der Waals surface area contributed by atoms with Gasteiger partial charge >= 0.3 is 0 Å². The molecule has 0 unspecified atom stereocenters. The van der Waals surface area contributed by atoms with Crippen molar-refractivity contribution in [1.29, 1.82) is 0 Å². The Balaban J connectivity index is 1.41. The summed E-state index contributed by atoms with van der Waals surface area (Å²) in [6, 6.07) is 12.5. The fraction of sp³-hybridized carbons (Fsp3) is 0.143. The van der Waals surface area contributed by atoms with E-state index >= 15 is 0 Å². The van der Waals surface area contributed by atoms with Gasteiger partial charge in [0, 0.05) is 28.6 Å². The zero-order chi connectivity index (χ0) is 27.4. The van der Waals surface area contributed by atoms with Crippen molar-refractivity contribution in [2.75, 3.05) is 0 Å². The number of hydrogen-bond donors (Lipinski definition) is 2. The van der Waals surface area contributed by atoms with Crippen LogP contribution in [0.2, 0.25) is 10.2 Å². The minimum absolute atomic E-state index is 0.0323. The SMILES string of the molecule is Cc1ccc(-c2nc([C@H](CC3=CCC(=O)C=C3)NC(=O)/C=C/c3cc(Cl)ccc3-n3cnnn3)[nH]c2Cl)cc1. The number of nitrogens with zero attached hydrogens (tertiary/aromatic N) is 5. The Bertz CT molecular complexity index is 1600. The number of rotatable bonds is 8. The van der Waals surface area contributed by atoms with Crippen molar-refractivity contribution in [3.63, 3.8) is 0 Å². The number of aryl methyl sites for hydroxylation is 1. The molecule has 1 aliphatic carbocycles. The Morgan fingerprint density at radius 2 is 2.00 bits per heavy atom. The maximum absolute atomic E-state index is 13.1. The van der Waals surface area contributed by atoms with E-state index in [2.05, 4.69) is 25.8 Å². The average molecular weight is 560 g/mol. The lowest BCUT2D eigenvalue weighted by Gasteiger charge is -2.17. The standard InChI is InChI=1S/C28H23Cl2N7O2/c1-17-2-6-19(7-3-17)26-27(30)34-28(33-26)23(14-18-4-10-22(38)11-5-18)32-25(39)13-8-20-15-21(29)9-12-24(20)37-16-31-35-36-37/h2-10,12-13,15-16,23H,11,14H2,1H3,(H,32,39)(H,33,34)/b13-8+/t23-/m0/s1. The van der Waals surface area contributed by atoms with Gasteiger partial charge in [0.25, 0.3) is 0 Å². The molecule has 4 aromatic rings. The molecule has 2 aromatic carbocycles. The molecule has 0 spiro atoms. The number of halogens is 2. The largest absolute Gasteiger partial charge is 0.342 e. The molecule has 0 aliphatic heterocycles. The molecule has 1 aliphatic rings.